The second-order valence-corrected chi connectivity index (χ2v) is 6.31. The standard InChI is InChI=1S/C17H25NO4/c1-11(2)18(12(3)4)15(19)13-9-7-8-10-14(13)22-17(5,6)16(20)21/h7-12H,1-6H3,(H,20,21). The van der Waals surface area contributed by atoms with Crippen LogP contribution in [0.3, 0.4) is 0 Å². The lowest BCUT2D eigenvalue weighted by Gasteiger charge is -2.32. The monoisotopic (exact) mass is 307 g/mol. The fourth-order valence-corrected chi connectivity index (χ4v) is 2.26. The van der Waals surface area contributed by atoms with Crippen LogP contribution in [0.15, 0.2) is 24.3 Å². The van der Waals surface area contributed by atoms with Gasteiger partial charge < -0.3 is 14.7 Å². The molecular weight excluding hydrogens is 282 g/mol. The average Bonchev–Trinajstić information content (AvgIpc) is 2.37. The minimum absolute atomic E-state index is 0.0352. The fourth-order valence-electron chi connectivity index (χ4n) is 2.26. The molecule has 0 heterocycles. The third kappa shape index (κ3) is 4.00. The van der Waals surface area contributed by atoms with Crippen molar-refractivity contribution in [3.05, 3.63) is 29.8 Å². The summed E-state index contributed by atoms with van der Waals surface area (Å²) in [5.74, 6) is -0.965. The van der Waals surface area contributed by atoms with Gasteiger partial charge in [-0.05, 0) is 53.7 Å². The Kier molecular flexibility index (Phi) is 5.58. The Labute approximate surface area is 131 Å². The van der Waals surface area contributed by atoms with Crippen molar-refractivity contribution >= 4 is 11.9 Å². The van der Waals surface area contributed by atoms with E-state index in [2.05, 4.69) is 0 Å². The first-order valence-corrected chi connectivity index (χ1v) is 7.42. The van der Waals surface area contributed by atoms with Gasteiger partial charge in [0.1, 0.15) is 5.75 Å². The summed E-state index contributed by atoms with van der Waals surface area (Å²) in [4.78, 5) is 25.8. The van der Waals surface area contributed by atoms with Crippen LogP contribution in [-0.2, 0) is 4.79 Å². The molecule has 0 bridgehead atoms. The molecule has 1 aromatic rings. The summed E-state index contributed by atoms with van der Waals surface area (Å²) in [5.41, 5.74) is -1.03. The lowest BCUT2D eigenvalue weighted by atomic mass is 10.1. The van der Waals surface area contributed by atoms with E-state index in [4.69, 9.17) is 4.74 Å². The van der Waals surface area contributed by atoms with Crippen LogP contribution in [0.1, 0.15) is 51.9 Å². The SMILES string of the molecule is CC(C)N(C(=O)c1ccccc1OC(C)(C)C(=O)O)C(C)C. The molecule has 5 nitrogen and oxygen atoms in total. The van der Waals surface area contributed by atoms with E-state index in [1.165, 1.54) is 13.8 Å². The molecule has 0 aliphatic rings. The van der Waals surface area contributed by atoms with Gasteiger partial charge in [-0.15, -0.1) is 0 Å². The highest BCUT2D eigenvalue weighted by molar-refractivity contribution is 5.97. The average molecular weight is 307 g/mol. The van der Waals surface area contributed by atoms with Gasteiger partial charge >= 0.3 is 5.97 Å². The summed E-state index contributed by atoms with van der Waals surface area (Å²) in [6.45, 7) is 10.7. The summed E-state index contributed by atoms with van der Waals surface area (Å²) in [6, 6.07) is 6.82. The molecule has 5 heteroatoms. The van der Waals surface area contributed by atoms with Crippen molar-refractivity contribution in [3.8, 4) is 5.75 Å². The van der Waals surface area contributed by atoms with Gasteiger partial charge in [0.2, 0.25) is 0 Å². The van der Waals surface area contributed by atoms with Crippen LogP contribution in [0.5, 0.6) is 5.75 Å². The van der Waals surface area contributed by atoms with E-state index in [0.717, 1.165) is 0 Å². The Bertz CT molecular complexity index is 541. The lowest BCUT2D eigenvalue weighted by molar-refractivity contribution is -0.152. The third-order valence-electron chi connectivity index (χ3n) is 3.34. The van der Waals surface area contributed by atoms with E-state index in [0.29, 0.717) is 5.56 Å². The molecule has 0 aromatic heterocycles. The summed E-state index contributed by atoms with van der Waals surface area (Å²) >= 11 is 0. The Morgan fingerprint density at radius 3 is 2.05 bits per heavy atom. The van der Waals surface area contributed by atoms with Crippen molar-refractivity contribution in [1.82, 2.24) is 4.90 Å². The molecule has 0 aliphatic carbocycles. The van der Waals surface area contributed by atoms with Crippen LogP contribution in [-0.4, -0.2) is 39.6 Å². The maximum Gasteiger partial charge on any atom is 0.347 e. The number of amides is 1. The molecule has 0 spiro atoms. The van der Waals surface area contributed by atoms with Crippen LogP contribution in [0.25, 0.3) is 0 Å². The number of ether oxygens (including phenoxy) is 1. The fraction of sp³-hybridized carbons (Fsp3) is 0.529. The largest absolute Gasteiger partial charge is 0.478 e. The van der Waals surface area contributed by atoms with Gasteiger partial charge in [0, 0.05) is 12.1 Å². The predicted molar refractivity (Wildman–Crippen MR) is 85.2 cm³/mol. The maximum atomic E-state index is 12.8. The third-order valence-corrected chi connectivity index (χ3v) is 3.34. The Hall–Kier alpha value is -2.04. The van der Waals surface area contributed by atoms with E-state index >= 15 is 0 Å². The maximum absolute atomic E-state index is 12.8. The second kappa shape index (κ2) is 6.81. The molecule has 1 aromatic carbocycles. The second-order valence-electron chi connectivity index (χ2n) is 6.31. The predicted octanol–water partition coefficient (Wildman–Crippen LogP) is 3.19. The van der Waals surface area contributed by atoms with Crippen molar-refractivity contribution in [1.29, 1.82) is 0 Å². The first kappa shape index (κ1) is 18.0. The van der Waals surface area contributed by atoms with E-state index in [-0.39, 0.29) is 23.7 Å². The number of carbonyl (C=O) groups excluding carboxylic acids is 1. The van der Waals surface area contributed by atoms with Crippen molar-refractivity contribution in [3.63, 3.8) is 0 Å². The first-order valence-electron chi connectivity index (χ1n) is 7.42. The van der Waals surface area contributed by atoms with Crippen LogP contribution in [0.4, 0.5) is 0 Å². The van der Waals surface area contributed by atoms with Crippen LogP contribution >= 0.6 is 0 Å². The summed E-state index contributed by atoms with van der Waals surface area (Å²) in [7, 11) is 0. The Morgan fingerprint density at radius 2 is 1.59 bits per heavy atom. The van der Waals surface area contributed by atoms with Crippen LogP contribution in [0.2, 0.25) is 0 Å². The smallest absolute Gasteiger partial charge is 0.347 e. The lowest BCUT2D eigenvalue weighted by Crippen LogP contribution is -2.43. The van der Waals surface area contributed by atoms with Crippen molar-refractivity contribution < 1.29 is 19.4 Å². The van der Waals surface area contributed by atoms with Gasteiger partial charge in [-0.25, -0.2) is 4.79 Å². The number of benzene rings is 1. The van der Waals surface area contributed by atoms with Gasteiger partial charge in [-0.2, -0.15) is 0 Å². The molecular formula is C17H25NO4. The quantitative estimate of drug-likeness (QED) is 0.876. The minimum Gasteiger partial charge on any atom is -0.478 e. The number of rotatable bonds is 6. The van der Waals surface area contributed by atoms with Gasteiger partial charge in [0.05, 0.1) is 5.56 Å². The normalized spacial score (nSPS) is 11.6. The molecule has 122 valence electrons. The molecule has 0 aliphatic heterocycles. The Balaban J connectivity index is 3.21. The van der Waals surface area contributed by atoms with E-state index < -0.39 is 11.6 Å². The van der Waals surface area contributed by atoms with Gasteiger partial charge in [-0.1, -0.05) is 12.1 Å². The minimum atomic E-state index is -1.41. The highest BCUT2D eigenvalue weighted by atomic mass is 16.5. The number of carboxylic acids is 1. The van der Waals surface area contributed by atoms with Crippen molar-refractivity contribution in [2.45, 2.75) is 59.2 Å². The molecule has 0 atom stereocenters. The number of carbonyl (C=O) groups is 2. The zero-order valence-corrected chi connectivity index (χ0v) is 14.1. The number of nitrogens with zero attached hydrogens (tertiary/aromatic N) is 1. The number of hydrogen-bond acceptors (Lipinski definition) is 3. The zero-order chi connectivity index (χ0) is 17.1. The molecule has 22 heavy (non-hydrogen) atoms. The number of aliphatic carboxylic acids is 1. The van der Waals surface area contributed by atoms with Gasteiger partial charge in [0.15, 0.2) is 5.60 Å². The summed E-state index contributed by atoms with van der Waals surface area (Å²) < 4.78 is 5.58. The van der Waals surface area contributed by atoms with Crippen molar-refractivity contribution in [2.24, 2.45) is 0 Å². The zero-order valence-electron chi connectivity index (χ0n) is 14.1. The molecule has 0 saturated carbocycles. The molecule has 0 unspecified atom stereocenters. The van der Waals surface area contributed by atoms with Crippen molar-refractivity contribution in [2.75, 3.05) is 0 Å². The highest BCUT2D eigenvalue weighted by Gasteiger charge is 2.32. The van der Waals surface area contributed by atoms with Gasteiger partial charge in [-0.3, -0.25) is 4.79 Å². The van der Waals surface area contributed by atoms with Crippen LogP contribution in [0, 0.1) is 0 Å². The van der Waals surface area contributed by atoms with E-state index in [1.807, 2.05) is 27.7 Å². The van der Waals surface area contributed by atoms with E-state index in [9.17, 15) is 14.7 Å². The number of hydrogen-bond donors (Lipinski definition) is 1. The summed E-state index contributed by atoms with van der Waals surface area (Å²) in [5, 5.41) is 9.20. The molecule has 1 rings (SSSR count). The number of carboxylic acid groups (broad SMARTS) is 1. The molecule has 0 fully saturated rings. The topological polar surface area (TPSA) is 66.8 Å². The summed E-state index contributed by atoms with van der Waals surface area (Å²) in [6.07, 6.45) is 0. The molecule has 1 amide bonds. The molecule has 0 saturated heterocycles. The highest BCUT2D eigenvalue weighted by Crippen LogP contribution is 2.26. The van der Waals surface area contributed by atoms with Gasteiger partial charge in [0.25, 0.3) is 5.91 Å². The van der Waals surface area contributed by atoms with E-state index in [1.54, 1.807) is 29.2 Å². The first-order chi connectivity index (χ1) is 10.1. The van der Waals surface area contributed by atoms with Crippen LogP contribution < -0.4 is 4.74 Å². The molecule has 1 N–H and O–H groups in total. The Morgan fingerprint density at radius 1 is 1.09 bits per heavy atom. The molecule has 0 radical (unpaired) electrons. The number of para-hydroxylation sites is 1.